The number of nitrogens with zero attached hydrogens (tertiary/aromatic N) is 3. The number of rotatable bonds is 4. The summed E-state index contributed by atoms with van der Waals surface area (Å²) in [6.45, 7) is 1.96. The van der Waals surface area contributed by atoms with Crippen LogP contribution in [0, 0.1) is 6.92 Å². The molecule has 0 aliphatic carbocycles. The monoisotopic (exact) mass is 370 g/mol. The highest BCUT2D eigenvalue weighted by Gasteiger charge is 2.17. The Morgan fingerprint density at radius 1 is 1.32 bits per heavy atom. The molecular weight excluding hydrogens is 359 g/mol. The fraction of sp³-hybridized carbons (Fsp3) is 0.143. The largest absolute Gasteiger partial charge is 0.328 e. The molecule has 0 atom stereocenters. The van der Waals surface area contributed by atoms with Crippen molar-refractivity contribution in [2.24, 2.45) is 7.05 Å². The lowest BCUT2D eigenvalue weighted by Crippen LogP contribution is -1.95. The Kier molecular flexibility index (Phi) is 4.63. The van der Waals surface area contributed by atoms with E-state index in [2.05, 4.69) is 15.4 Å². The average Bonchev–Trinajstić information content (AvgIpc) is 3.05. The summed E-state index contributed by atoms with van der Waals surface area (Å²) in [5.74, 6) is 0. The minimum Gasteiger partial charge on any atom is -0.328 e. The van der Waals surface area contributed by atoms with Gasteiger partial charge < -0.3 is 5.32 Å². The van der Waals surface area contributed by atoms with E-state index in [1.165, 1.54) is 0 Å². The fourth-order valence-electron chi connectivity index (χ4n) is 1.95. The number of anilines is 2. The van der Waals surface area contributed by atoms with E-state index in [1.807, 2.05) is 36.2 Å². The molecule has 22 heavy (non-hydrogen) atoms. The van der Waals surface area contributed by atoms with Gasteiger partial charge in [-0.25, -0.2) is 4.98 Å². The van der Waals surface area contributed by atoms with Crippen molar-refractivity contribution in [3.05, 3.63) is 45.5 Å². The zero-order valence-electron chi connectivity index (χ0n) is 11.8. The first kappa shape index (κ1) is 15.7. The third-order valence-corrected chi connectivity index (χ3v) is 5.52. The quantitative estimate of drug-likeness (QED) is 0.668. The molecule has 0 aliphatic rings. The number of benzene rings is 1. The number of nitrogens with one attached hydrogen (secondary N) is 1. The molecule has 0 bridgehead atoms. The Morgan fingerprint density at radius 3 is 2.82 bits per heavy atom. The minimum absolute atomic E-state index is 0.622. The lowest BCUT2D eigenvalue weighted by atomic mass is 10.4. The Hall–Kier alpha value is -1.21. The van der Waals surface area contributed by atoms with Crippen LogP contribution in [-0.4, -0.2) is 14.8 Å². The summed E-state index contributed by atoms with van der Waals surface area (Å²) in [7, 11) is 1.91. The van der Waals surface area contributed by atoms with E-state index in [0.29, 0.717) is 10.0 Å². The van der Waals surface area contributed by atoms with Crippen LogP contribution in [0.4, 0.5) is 10.8 Å². The van der Waals surface area contributed by atoms with Gasteiger partial charge in [0.05, 0.1) is 16.4 Å². The fourth-order valence-corrected chi connectivity index (χ4v) is 3.98. The van der Waals surface area contributed by atoms with Crippen LogP contribution in [0.25, 0.3) is 0 Å². The summed E-state index contributed by atoms with van der Waals surface area (Å²) >= 11 is 15.3. The Morgan fingerprint density at radius 2 is 2.14 bits per heavy atom. The van der Waals surface area contributed by atoms with Crippen molar-refractivity contribution < 1.29 is 0 Å². The second-order valence-electron chi connectivity index (χ2n) is 4.53. The molecule has 0 radical (unpaired) electrons. The third kappa shape index (κ3) is 3.25. The molecule has 3 aromatic rings. The summed E-state index contributed by atoms with van der Waals surface area (Å²) in [5.41, 5.74) is 1.85. The molecule has 0 unspecified atom stereocenters. The van der Waals surface area contributed by atoms with Gasteiger partial charge >= 0.3 is 0 Å². The highest BCUT2D eigenvalue weighted by Crippen LogP contribution is 2.40. The Labute approximate surface area is 146 Å². The van der Waals surface area contributed by atoms with Gasteiger partial charge in [-0.3, -0.25) is 4.68 Å². The van der Waals surface area contributed by atoms with E-state index in [4.69, 9.17) is 23.2 Å². The maximum absolute atomic E-state index is 6.27. The van der Waals surface area contributed by atoms with Gasteiger partial charge in [0.1, 0.15) is 5.03 Å². The topological polar surface area (TPSA) is 42.7 Å². The number of thiazole rings is 1. The van der Waals surface area contributed by atoms with Gasteiger partial charge in [0.2, 0.25) is 0 Å². The number of hydrogen-bond acceptors (Lipinski definition) is 5. The normalized spacial score (nSPS) is 10.9. The molecule has 8 heteroatoms. The zero-order chi connectivity index (χ0) is 15.7. The van der Waals surface area contributed by atoms with Gasteiger partial charge in [-0.1, -0.05) is 35.0 Å². The first-order valence-corrected chi connectivity index (χ1v) is 8.83. The van der Waals surface area contributed by atoms with Gasteiger partial charge in [0, 0.05) is 28.5 Å². The van der Waals surface area contributed by atoms with E-state index < -0.39 is 0 Å². The molecule has 1 N–H and O–H groups in total. The summed E-state index contributed by atoms with van der Waals surface area (Å²) in [5, 5.41) is 12.8. The number of aryl methyl sites for hydroxylation is 2. The van der Waals surface area contributed by atoms with Crippen LogP contribution in [0.5, 0.6) is 0 Å². The van der Waals surface area contributed by atoms with Crippen molar-refractivity contribution in [3.8, 4) is 0 Å². The molecule has 4 nitrogen and oxygen atoms in total. The van der Waals surface area contributed by atoms with Crippen molar-refractivity contribution in [3.63, 3.8) is 0 Å². The lowest BCUT2D eigenvalue weighted by molar-refractivity contribution is 0.693. The van der Waals surface area contributed by atoms with Crippen molar-refractivity contribution in [2.45, 2.75) is 16.8 Å². The van der Waals surface area contributed by atoms with E-state index in [-0.39, 0.29) is 0 Å². The third-order valence-electron chi connectivity index (χ3n) is 2.93. The second-order valence-corrected chi connectivity index (χ2v) is 7.30. The molecule has 0 amide bonds. The van der Waals surface area contributed by atoms with Gasteiger partial charge in [0.25, 0.3) is 0 Å². The van der Waals surface area contributed by atoms with E-state index >= 15 is 0 Å². The molecule has 0 aliphatic heterocycles. The van der Waals surface area contributed by atoms with E-state index in [1.54, 1.807) is 35.4 Å². The van der Waals surface area contributed by atoms with Crippen LogP contribution < -0.4 is 5.32 Å². The number of aromatic nitrogens is 3. The molecule has 3 rings (SSSR count). The van der Waals surface area contributed by atoms with Crippen LogP contribution in [0.2, 0.25) is 10.0 Å². The van der Waals surface area contributed by atoms with Crippen molar-refractivity contribution in [1.82, 2.24) is 14.8 Å². The van der Waals surface area contributed by atoms with Crippen molar-refractivity contribution in [2.75, 3.05) is 5.32 Å². The summed E-state index contributed by atoms with van der Waals surface area (Å²) in [4.78, 5) is 5.18. The predicted molar refractivity (Wildman–Crippen MR) is 93.9 cm³/mol. The predicted octanol–water partition coefficient (Wildman–Crippen LogP) is 5.39. The summed E-state index contributed by atoms with van der Waals surface area (Å²) < 4.78 is 1.83. The summed E-state index contributed by atoms with van der Waals surface area (Å²) in [6.07, 6.45) is 1.77. The SMILES string of the molecule is Cc1nn(C)c(Sc2ccc(Cl)cc2Cl)c1Nc1nccs1. The molecule has 0 saturated heterocycles. The van der Waals surface area contributed by atoms with Gasteiger partial charge in [-0.05, 0) is 25.1 Å². The average molecular weight is 371 g/mol. The van der Waals surface area contributed by atoms with Crippen LogP contribution in [0.1, 0.15) is 5.69 Å². The molecular formula is C14H12Cl2N4S2. The highest BCUT2D eigenvalue weighted by atomic mass is 35.5. The Bertz CT molecular complexity index is 800. The zero-order valence-corrected chi connectivity index (χ0v) is 14.9. The van der Waals surface area contributed by atoms with Gasteiger partial charge in [-0.15, -0.1) is 11.3 Å². The molecule has 0 saturated carbocycles. The molecule has 114 valence electrons. The maximum Gasteiger partial charge on any atom is 0.187 e. The molecule has 1 aromatic carbocycles. The van der Waals surface area contributed by atoms with Crippen molar-refractivity contribution >= 4 is 57.1 Å². The highest BCUT2D eigenvalue weighted by molar-refractivity contribution is 7.99. The lowest BCUT2D eigenvalue weighted by Gasteiger charge is -2.08. The smallest absolute Gasteiger partial charge is 0.187 e. The van der Waals surface area contributed by atoms with Gasteiger partial charge in [0.15, 0.2) is 5.13 Å². The molecule has 0 spiro atoms. The first-order chi connectivity index (χ1) is 10.5. The van der Waals surface area contributed by atoms with Crippen LogP contribution in [0.3, 0.4) is 0 Å². The van der Waals surface area contributed by atoms with Crippen LogP contribution >= 0.6 is 46.3 Å². The Balaban J connectivity index is 1.96. The standard InChI is InChI=1S/C14H12Cl2N4S2/c1-8-12(18-14-17-5-6-21-14)13(20(2)19-8)22-11-4-3-9(15)7-10(11)16/h3-7H,1-2H3,(H,17,18). The molecule has 0 fully saturated rings. The summed E-state index contributed by atoms with van der Waals surface area (Å²) in [6, 6.07) is 5.47. The number of halogens is 2. The van der Waals surface area contributed by atoms with Crippen molar-refractivity contribution in [1.29, 1.82) is 0 Å². The minimum atomic E-state index is 0.622. The van der Waals surface area contributed by atoms with E-state index in [9.17, 15) is 0 Å². The van der Waals surface area contributed by atoms with E-state index in [0.717, 1.165) is 26.4 Å². The van der Waals surface area contributed by atoms with Crippen LogP contribution in [-0.2, 0) is 7.05 Å². The number of hydrogen-bond donors (Lipinski definition) is 1. The molecule has 2 heterocycles. The van der Waals surface area contributed by atoms with Crippen LogP contribution in [0.15, 0.2) is 39.7 Å². The van der Waals surface area contributed by atoms with Gasteiger partial charge in [-0.2, -0.15) is 5.10 Å². The first-order valence-electron chi connectivity index (χ1n) is 6.37. The second kappa shape index (κ2) is 6.50. The molecule has 2 aromatic heterocycles. The maximum atomic E-state index is 6.27.